The van der Waals surface area contributed by atoms with Crippen molar-refractivity contribution < 1.29 is 0 Å². The van der Waals surface area contributed by atoms with Crippen LogP contribution in [0.5, 0.6) is 0 Å². The Morgan fingerprint density at radius 3 is 1.94 bits per heavy atom. The molecular formula is C16H33. The van der Waals surface area contributed by atoms with Crippen LogP contribution in [0.15, 0.2) is 0 Å². The SMILES string of the molecule is [CH2]CC(C)C(CC)CCCCCCCCC. The first-order chi connectivity index (χ1) is 7.76. The van der Waals surface area contributed by atoms with Gasteiger partial charge in [0.2, 0.25) is 0 Å². The van der Waals surface area contributed by atoms with Gasteiger partial charge in [0.05, 0.1) is 0 Å². The Hall–Kier alpha value is 0. The van der Waals surface area contributed by atoms with Gasteiger partial charge >= 0.3 is 0 Å². The first-order valence-corrected chi connectivity index (χ1v) is 7.55. The highest BCUT2D eigenvalue weighted by Gasteiger charge is 2.12. The fourth-order valence-corrected chi connectivity index (χ4v) is 2.49. The van der Waals surface area contributed by atoms with Crippen molar-refractivity contribution in [2.75, 3.05) is 0 Å². The quantitative estimate of drug-likeness (QED) is 0.377. The number of hydrogen-bond donors (Lipinski definition) is 0. The minimum atomic E-state index is 0.824. The van der Waals surface area contributed by atoms with Gasteiger partial charge in [-0.25, -0.2) is 0 Å². The van der Waals surface area contributed by atoms with E-state index in [4.69, 9.17) is 0 Å². The van der Waals surface area contributed by atoms with Gasteiger partial charge in [-0.1, -0.05) is 91.9 Å². The molecule has 0 aliphatic heterocycles. The van der Waals surface area contributed by atoms with Crippen LogP contribution in [0.4, 0.5) is 0 Å². The third-order valence-corrected chi connectivity index (χ3v) is 3.96. The third-order valence-electron chi connectivity index (χ3n) is 3.96. The van der Waals surface area contributed by atoms with Crippen LogP contribution in [0.3, 0.4) is 0 Å². The lowest BCUT2D eigenvalue weighted by molar-refractivity contribution is 0.315. The molecule has 0 nitrogen and oxygen atoms in total. The van der Waals surface area contributed by atoms with Gasteiger partial charge in [-0.2, -0.15) is 0 Å². The molecule has 0 saturated heterocycles. The first-order valence-electron chi connectivity index (χ1n) is 7.55. The fraction of sp³-hybridized carbons (Fsp3) is 0.938. The van der Waals surface area contributed by atoms with Crippen molar-refractivity contribution in [1.29, 1.82) is 0 Å². The second kappa shape index (κ2) is 11.5. The molecule has 0 N–H and O–H groups in total. The summed E-state index contributed by atoms with van der Waals surface area (Å²) in [5.74, 6) is 1.75. The Bertz CT molecular complexity index is 128. The molecular weight excluding hydrogens is 192 g/mol. The molecule has 0 amide bonds. The van der Waals surface area contributed by atoms with Crippen LogP contribution in [0.25, 0.3) is 0 Å². The molecule has 0 heterocycles. The summed E-state index contributed by atoms with van der Waals surface area (Å²) in [7, 11) is 0. The van der Waals surface area contributed by atoms with Gasteiger partial charge < -0.3 is 0 Å². The highest BCUT2D eigenvalue weighted by Crippen LogP contribution is 2.24. The van der Waals surface area contributed by atoms with Crippen LogP contribution >= 0.6 is 0 Å². The molecule has 0 aliphatic carbocycles. The minimum Gasteiger partial charge on any atom is -0.0654 e. The largest absolute Gasteiger partial charge is 0.0654 e. The molecule has 97 valence electrons. The van der Waals surface area contributed by atoms with Crippen molar-refractivity contribution in [3.63, 3.8) is 0 Å². The summed E-state index contributed by atoms with van der Waals surface area (Å²) >= 11 is 0. The average Bonchev–Trinajstić information content (AvgIpc) is 2.32. The van der Waals surface area contributed by atoms with E-state index >= 15 is 0 Å². The zero-order valence-electron chi connectivity index (χ0n) is 11.9. The van der Waals surface area contributed by atoms with E-state index in [1.807, 2.05) is 0 Å². The van der Waals surface area contributed by atoms with Crippen LogP contribution in [0.2, 0.25) is 0 Å². The topological polar surface area (TPSA) is 0 Å². The van der Waals surface area contributed by atoms with Crippen LogP contribution in [-0.4, -0.2) is 0 Å². The van der Waals surface area contributed by atoms with Crippen molar-refractivity contribution >= 4 is 0 Å². The van der Waals surface area contributed by atoms with Crippen LogP contribution in [0, 0.1) is 18.8 Å². The van der Waals surface area contributed by atoms with E-state index in [0.717, 1.165) is 18.3 Å². The number of unbranched alkanes of at least 4 members (excludes halogenated alkanes) is 6. The van der Waals surface area contributed by atoms with Gasteiger partial charge in [-0.3, -0.25) is 0 Å². The smallest absolute Gasteiger partial charge is 0.0391 e. The molecule has 2 unspecified atom stereocenters. The highest BCUT2D eigenvalue weighted by atomic mass is 14.2. The van der Waals surface area contributed by atoms with Gasteiger partial charge in [0.15, 0.2) is 0 Å². The van der Waals surface area contributed by atoms with Crippen molar-refractivity contribution in [3.05, 3.63) is 6.92 Å². The van der Waals surface area contributed by atoms with Crippen molar-refractivity contribution in [2.24, 2.45) is 11.8 Å². The summed E-state index contributed by atoms with van der Waals surface area (Å²) in [6.07, 6.45) is 13.9. The average molecular weight is 225 g/mol. The van der Waals surface area contributed by atoms with E-state index < -0.39 is 0 Å². The summed E-state index contributed by atoms with van der Waals surface area (Å²) in [5, 5.41) is 0. The Morgan fingerprint density at radius 2 is 1.44 bits per heavy atom. The summed E-state index contributed by atoms with van der Waals surface area (Å²) < 4.78 is 0. The van der Waals surface area contributed by atoms with Crippen molar-refractivity contribution in [2.45, 2.75) is 85.0 Å². The van der Waals surface area contributed by atoms with E-state index in [0.29, 0.717) is 0 Å². The molecule has 0 aromatic heterocycles. The molecule has 0 aliphatic rings. The maximum atomic E-state index is 4.03. The maximum absolute atomic E-state index is 4.03. The zero-order valence-corrected chi connectivity index (χ0v) is 11.9. The fourth-order valence-electron chi connectivity index (χ4n) is 2.49. The van der Waals surface area contributed by atoms with Crippen LogP contribution < -0.4 is 0 Å². The summed E-state index contributed by atoms with van der Waals surface area (Å²) in [6, 6.07) is 0. The minimum absolute atomic E-state index is 0.824. The Balaban J connectivity index is 3.34. The monoisotopic (exact) mass is 225 g/mol. The second-order valence-corrected chi connectivity index (χ2v) is 5.34. The van der Waals surface area contributed by atoms with Gasteiger partial charge in [-0.15, -0.1) is 0 Å². The highest BCUT2D eigenvalue weighted by molar-refractivity contribution is 4.66. The second-order valence-electron chi connectivity index (χ2n) is 5.34. The Kier molecular flexibility index (Phi) is 11.5. The summed E-state index contributed by atoms with van der Waals surface area (Å²) in [6.45, 7) is 11.0. The molecule has 0 aromatic rings. The normalized spacial score (nSPS) is 15.0. The van der Waals surface area contributed by atoms with E-state index in [2.05, 4.69) is 27.7 Å². The number of rotatable bonds is 11. The first kappa shape index (κ1) is 16.0. The van der Waals surface area contributed by atoms with E-state index in [9.17, 15) is 0 Å². The molecule has 16 heavy (non-hydrogen) atoms. The predicted octanol–water partition coefficient (Wildman–Crippen LogP) is 6.01. The molecule has 0 saturated carbocycles. The standard InChI is InChI=1S/C16H33/c1-5-8-9-10-11-12-13-14-16(7-3)15(4)6-2/h15-16H,2,5-14H2,1,3-4H3. The van der Waals surface area contributed by atoms with Gasteiger partial charge in [-0.05, 0) is 11.8 Å². The van der Waals surface area contributed by atoms with Crippen LogP contribution in [-0.2, 0) is 0 Å². The molecule has 0 heteroatoms. The van der Waals surface area contributed by atoms with E-state index in [-0.39, 0.29) is 0 Å². The van der Waals surface area contributed by atoms with Gasteiger partial charge in [0, 0.05) is 0 Å². The number of hydrogen-bond acceptors (Lipinski definition) is 0. The molecule has 0 spiro atoms. The summed E-state index contributed by atoms with van der Waals surface area (Å²) in [4.78, 5) is 0. The molecule has 2 atom stereocenters. The predicted molar refractivity (Wildman–Crippen MR) is 75.5 cm³/mol. The van der Waals surface area contributed by atoms with E-state index in [1.165, 1.54) is 57.8 Å². The molecule has 0 rings (SSSR count). The third kappa shape index (κ3) is 8.19. The van der Waals surface area contributed by atoms with Crippen molar-refractivity contribution in [3.8, 4) is 0 Å². The molecule has 1 radical (unpaired) electrons. The van der Waals surface area contributed by atoms with Crippen LogP contribution in [0.1, 0.15) is 85.0 Å². The Labute approximate surface area is 104 Å². The molecule has 0 bridgehead atoms. The molecule has 0 fully saturated rings. The lowest BCUT2D eigenvalue weighted by atomic mass is 9.85. The Morgan fingerprint density at radius 1 is 0.875 bits per heavy atom. The zero-order chi connectivity index (χ0) is 12.2. The summed E-state index contributed by atoms with van der Waals surface area (Å²) in [5.41, 5.74) is 0. The molecule has 0 aromatic carbocycles. The lowest BCUT2D eigenvalue weighted by Crippen LogP contribution is -2.09. The van der Waals surface area contributed by atoms with Crippen molar-refractivity contribution in [1.82, 2.24) is 0 Å². The van der Waals surface area contributed by atoms with Gasteiger partial charge in [0.25, 0.3) is 0 Å². The lowest BCUT2D eigenvalue weighted by Gasteiger charge is -2.21. The van der Waals surface area contributed by atoms with Gasteiger partial charge in [0.1, 0.15) is 0 Å². The van der Waals surface area contributed by atoms with E-state index in [1.54, 1.807) is 0 Å². The maximum Gasteiger partial charge on any atom is -0.0391 e.